The van der Waals surface area contributed by atoms with Gasteiger partial charge in [-0.2, -0.15) is 0 Å². The molecular formula is C52H33N3SSi. The summed E-state index contributed by atoms with van der Waals surface area (Å²) in [6, 6.07) is 73.0. The minimum atomic E-state index is -2.98. The van der Waals surface area contributed by atoms with Gasteiger partial charge in [0.05, 0.1) is 28.1 Å². The number of fused-ring (bicyclic) bond motifs is 10. The van der Waals surface area contributed by atoms with Crippen LogP contribution in [0.25, 0.3) is 81.6 Å². The zero-order valence-corrected chi connectivity index (χ0v) is 32.6. The Balaban J connectivity index is 1.25. The van der Waals surface area contributed by atoms with Crippen LogP contribution in [0, 0.1) is 0 Å². The largest absolute Gasteiger partial charge is 0.309 e. The quantitative estimate of drug-likeness (QED) is 0.164. The van der Waals surface area contributed by atoms with Gasteiger partial charge in [0.15, 0.2) is 13.9 Å². The summed E-state index contributed by atoms with van der Waals surface area (Å²) < 4.78 is 5.10. The van der Waals surface area contributed by atoms with Gasteiger partial charge in [-0.15, -0.1) is 11.3 Å². The highest BCUT2D eigenvalue weighted by atomic mass is 32.1. The number of aromatic nitrogens is 3. The highest BCUT2D eigenvalue weighted by Gasteiger charge is 2.52. The van der Waals surface area contributed by atoms with E-state index in [0.29, 0.717) is 0 Å². The molecule has 0 radical (unpaired) electrons. The molecule has 12 rings (SSSR count). The molecule has 1 aliphatic rings. The number of thiophene rings is 1. The van der Waals surface area contributed by atoms with E-state index in [0.717, 1.165) is 34.0 Å². The molecule has 0 N–H and O–H groups in total. The molecule has 0 atom stereocenters. The van der Waals surface area contributed by atoms with Crippen molar-refractivity contribution in [2.75, 3.05) is 0 Å². The molecule has 4 heterocycles. The fraction of sp³-hybridized carbons (Fsp3) is 0. The Morgan fingerprint density at radius 1 is 0.421 bits per heavy atom. The van der Waals surface area contributed by atoms with E-state index in [1.54, 1.807) is 0 Å². The predicted octanol–water partition coefficient (Wildman–Crippen LogP) is 10.6. The lowest BCUT2D eigenvalue weighted by molar-refractivity contribution is 1.16. The number of nitrogens with zero attached hydrogens (tertiary/aromatic N) is 3. The predicted molar refractivity (Wildman–Crippen MR) is 243 cm³/mol. The van der Waals surface area contributed by atoms with E-state index in [2.05, 4.69) is 205 Å². The van der Waals surface area contributed by atoms with Crippen molar-refractivity contribution in [1.29, 1.82) is 0 Å². The Morgan fingerprint density at radius 3 is 1.75 bits per heavy atom. The molecule has 0 fully saturated rings. The highest BCUT2D eigenvalue weighted by molar-refractivity contribution is 7.26. The molecule has 0 unspecified atom stereocenters. The Kier molecular flexibility index (Phi) is 7.12. The van der Waals surface area contributed by atoms with E-state index in [-0.39, 0.29) is 0 Å². The summed E-state index contributed by atoms with van der Waals surface area (Å²) in [6.45, 7) is 0. The fourth-order valence-electron chi connectivity index (χ4n) is 9.62. The van der Waals surface area contributed by atoms with Crippen LogP contribution in [-0.2, 0) is 0 Å². The van der Waals surface area contributed by atoms with Crippen molar-refractivity contribution in [1.82, 2.24) is 14.5 Å². The maximum atomic E-state index is 5.74. The van der Waals surface area contributed by atoms with Crippen LogP contribution in [0.2, 0.25) is 0 Å². The van der Waals surface area contributed by atoms with Crippen LogP contribution in [0.5, 0.6) is 0 Å². The molecule has 0 aliphatic carbocycles. The summed E-state index contributed by atoms with van der Waals surface area (Å²) in [5.74, 6) is 0.730. The molecule has 0 saturated carbocycles. The maximum Gasteiger partial charge on any atom is 0.185 e. The van der Waals surface area contributed by atoms with Gasteiger partial charge >= 0.3 is 0 Å². The molecule has 11 aromatic rings. The maximum absolute atomic E-state index is 5.74. The molecule has 8 aromatic carbocycles. The highest BCUT2D eigenvalue weighted by Crippen LogP contribution is 2.45. The van der Waals surface area contributed by atoms with Crippen LogP contribution in [0.3, 0.4) is 0 Å². The van der Waals surface area contributed by atoms with E-state index < -0.39 is 8.07 Å². The molecule has 3 aromatic heterocycles. The number of benzene rings is 8. The second-order valence-corrected chi connectivity index (χ2v) is 19.6. The van der Waals surface area contributed by atoms with Gasteiger partial charge < -0.3 is 4.57 Å². The molecule has 0 saturated heterocycles. The SMILES string of the molecule is c1ccc(-c2nc(-c3ccccc3-n3c4ccccc4c4c5c(ccc43)sc3ccccc35)c3c(n2)-c2ccccc2[Si]3(c2ccccc2)c2ccccc2)cc1. The number of hydrogen-bond acceptors (Lipinski definition) is 3. The van der Waals surface area contributed by atoms with Gasteiger partial charge in [-0.3, -0.25) is 0 Å². The first-order chi connectivity index (χ1) is 28.3. The van der Waals surface area contributed by atoms with Gasteiger partial charge in [0.1, 0.15) is 0 Å². The minimum absolute atomic E-state index is 0.730. The summed E-state index contributed by atoms with van der Waals surface area (Å²) in [7, 11) is -2.98. The van der Waals surface area contributed by atoms with Crippen LogP contribution in [0.4, 0.5) is 0 Å². The number of hydrogen-bond donors (Lipinski definition) is 0. The zero-order valence-electron chi connectivity index (χ0n) is 30.8. The lowest BCUT2D eigenvalue weighted by atomic mass is 10.0. The van der Waals surface area contributed by atoms with Crippen molar-refractivity contribution in [2.45, 2.75) is 0 Å². The van der Waals surface area contributed by atoms with Gasteiger partial charge in [0.25, 0.3) is 0 Å². The smallest absolute Gasteiger partial charge is 0.185 e. The van der Waals surface area contributed by atoms with Gasteiger partial charge in [0.2, 0.25) is 0 Å². The van der Waals surface area contributed by atoms with Crippen LogP contribution in [-0.4, -0.2) is 22.6 Å². The third-order valence-corrected chi connectivity index (χ3v) is 17.9. The van der Waals surface area contributed by atoms with Gasteiger partial charge in [0, 0.05) is 52.8 Å². The van der Waals surface area contributed by atoms with Crippen molar-refractivity contribution in [3.8, 4) is 39.6 Å². The van der Waals surface area contributed by atoms with Crippen molar-refractivity contribution in [2.24, 2.45) is 0 Å². The standard InChI is InChI=1S/C52H33N3SSi/c1-4-18-34(19-5-1)52-53-49(51-50(54-52)40-27-13-17-31-46(40)57(51,35-20-6-2-7-21-35)36-22-8-3-9-23-36)38-25-11-15-29-42(38)55-41-28-14-10-24-37(41)47-43(55)32-33-45-48(47)39-26-12-16-30-44(39)56-45/h1-33H. The summed E-state index contributed by atoms with van der Waals surface area (Å²) >= 11 is 1.87. The molecule has 3 nitrogen and oxygen atoms in total. The van der Waals surface area contributed by atoms with Crippen molar-refractivity contribution in [3.63, 3.8) is 0 Å². The third kappa shape index (κ3) is 4.58. The molecule has 1 aliphatic heterocycles. The van der Waals surface area contributed by atoms with Gasteiger partial charge in [-0.05, 0) is 45.9 Å². The number of para-hydroxylation sites is 2. The van der Waals surface area contributed by atoms with E-state index in [1.807, 2.05) is 11.3 Å². The lowest BCUT2D eigenvalue weighted by Crippen LogP contribution is -2.73. The van der Waals surface area contributed by atoms with Crippen LogP contribution in [0.15, 0.2) is 200 Å². The summed E-state index contributed by atoms with van der Waals surface area (Å²) in [5.41, 5.74) is 8.74. The molecule has 0 bridgehead atoms. The normalized spacial score (nSPS) is 13.1. The minimum Gasteiger partial charge on any atom is -0.309 e. The van der Waals surface area contributed by atoms with E-state index in [9.17, 15) is 0 Å². The molecule has 266 valence electrons. The summed E-state index contributed by atoms with van der Waals surface area (Å²) in [5, 5.41) is 10.4. The average molecular weight is 760 g/mol. The Labute approximate surface area is 334 Å². The average Bonchev–Trinajstić information content (AvgIpc) is 3.93. The summed E-state index contributed by atoms with van der Waals surface area (Å²) in [6.07, 6.45) is 0. The van der Waals surface area contributed by atoms with E-state index in [1.165, 1.54) is 68.3 Å². The Hall–Kier alpha value is -6.92. The first-order valence-corrected chi connectivity index (χ1v) is 22.2. The van der Waals surface area contributed by atoms with E-state index >= 15 is 0 Å². The number of rotatable bonds is 5. The Bertz CT molecular complexity index is 3310. The molecule has 0 amide bonds. The first kappa shape index (κ1) is 32.3. The topological polar surface area (TPSA) is 30.7 Å². The second-order valence-electron chi connectivity index (χ2n) is 14.8. The van der Waals surface area contributed by atoms with Crippen LogP contribution < -0.4 is 20.7 Å². The molecule has 57 heavy (non-hydrogen) atoms. The van der Waals surface area contributed by atoms with Gasteiger partial charge in [-0.1, -0.05) is 170 Å². The third-order valence-electron chi connectivity index (χ3n) is 11.9. The van der Waals surface area contributed by atoms with E-state index in [4.69, 9.17) is 9.97 Å². The molecular weight excluding hydrogens is 727 g/mol. The molecule has 5 heteroatoms. The first-order valence-electron chi connectivity index (χ1n) is 19.4. The van der Waals surface area contributed by atoms with Crippen molar-refractivity contribution in [3.05, 3.63) is 200 Å². The monoisotopic (exact) mass is 759 g/mol. The zero-order chi connectivity index (χ0) is 37.5. The Morgan fingerprint density at radius 2 is 1.00 bits per heavy atom. The van der Waals surface area contributed by atoms with Crippen LogP contribution >= 0.6 is 11.3 Å². The fourth-order valence-corrected chi connectivity index (χ4v) is 16.0. The molecule has 0 spiro atoms. The lowest BCUT2D eigenvalue weighted by Gasteiger charge is -2.32. The second kappa shape index (κ2) is 12.5. The van der Waals surface area contributed by atoms with Gasteiger partial charge in [-0.25, -0.2) is 9.97 Å². The van der Waals surface area contributed by atoms with Crippen molar-refractivity contribution >= 4 is 82.1 Å². The van der Waals surface area contributed by atoms with Crippen molar-refractivity contribution < 1.29 is 0 Å². The van der Waals surface area contributed by atoms with Crippen LogP contribution in [0.1, 0.15) is 0 Å². The summed E-state index contributed by atoms with van der Waals surface area (Å²) in [4.78, 5) is 11.3.